The van der Waals surface area contributed by atoms with Crippen molar-refractivity contribution < 1.29 is 9.53 Å². The van der Waals surface area contributed by atoms with Crippen molar-refractivity contribution >= 4 is 5.91 Å². The molecule has 0 bridgehead atoms. The Morgan fingerprint density at radius 3 is 2.74 bits per heavy atom. The molecule has 1 saturated heterocycles. The Balaban J connectivity index is 1.63. The molecule has 0 atom stereocenters. The number of methoxy groups -OCH3 is 1. The topological polar surface area (TPSA) is 73.1 Å². The first-order valence-electron chi connectivity index (χ1n) is 7.90. The Kier molecular flexibility index (Phi) is 4.55. The highest BCUT2D eigenvalue weighted by atomic mass is 16.5. The molecule has 1 amide bonds. The molecule has 0 N–H and O–H groups in total. The molecule has 1 aliphatic rings. The van der Waals surface area contributed by atoms with Gasteiger partial charge in [0.2, 0.25) is 5.88 Å². The largest absolute Gasteiger partial charge is 0.481 e. The molecule has 0 radical (unpaired) electrons. The maximum atomic E-state index is 12.5. The van der Waals surface area contributed by atoms with Crippen molar-refractivity contribution in [3.8, 4) is 5.88 Å². The van der Waals surface area contributed by atoms with Crippen LogP contribution in [0, 0.1) is 0 Å². The second kappa shape index (κ2) is 6.76. The van der Waals surface area contributed by atoms with Crippen LogP contribution in [0.2, 0.25) is 0 Å². The quantitative estimate of drug-likeness (QED) is 0.859. The highest BCUT2D eigenvalue weighted by molar-refractivity contribution is 5.94. The minimum absolute atomic E-state index is 0.0237. The van der Waals surface area contributed by atoms with Crippen molar-refractivity contribution in [2.24, 2.45) is 0 Å². The first-order valence-corrected chi connectivity index (χ1v) is 7.90. The number of carbonyl (C=O) groups excluding carboxylic acids is 1. The summed E-state index contributed by atoms with van der Waals surface area (Å²) < 4.78 is 7.10. The van der Waals surface area contributed by atoms with Crippen molar-refractivity contribution in [1.29, 1.82) is 0 Å². The van der Waals surface area contributed by atoms with E-state index < -0.39 is 0 Å². The lowest BCUT2D eigenvalue weighted by molar-refractivity contribution is 0.0709. The Bertz CT molecular complexity index is 659. The van der Waals surface area contributed by atoms with Crippen LogP contribution >= 0.6 is 0 Å². The molecule has 3 rings (SSSR count). The van der Waals surface area contributed by atoms with Crippen LogP contribution in [0.1, 0.15) is 41.9 Å². The van der Waals surface area contributed by atoms with Crippen LogP contribution in [0.3, 0.4) is 0 Å². The molecule has 1 fully saturated rings. The van der Waals surface area contributed by atoms with E-state index in [9.17, 15) is 4.79 Å². The maximum absolute atomic E-state index is 12.5. The van der Waals surface area contributed by atoms with E-state index in [0.717, 1.165) is 38.3 Å². The van der Waals surface area contributed by atoms with Gasteiger partial charge in [-0.05, 0) is 25.8 Å². The predicted molar refractivity (Wildman–Crippen MR) is 84.4 cm³/mol. The Morgan fingerprint density at radius 1 is 1.35 bits per heavy atom. The monoisotopic (exact) mass is 315 g/mol. The van der Waals surface area contributed by atoms with Gasteiger partial charge in [0, 0.05) is 37.8 Å². The Morgan fingerprint density at radius 2 is 2.13 bits per heavy atom. The van der Waals surface area contributed by atoms with E-state index in [1.807, 2.05) is 4.90 Å². The molecule has 0 aromatic carbocycles. The fourth-order valence-electron chi connectivity index (χ4n) is 2.97. The lowest BCUT2D eigenvalue weighted by Gasteiger charge is -2.31. The molecular formula is C16H21N5O2. The second-order valence-electron chi connectivity index (χ2n) is 5.63. The van der Waals surface area contributed by atoms with Gasteiger partial charge >= 0.3 is 0 Å². The zero-order valence-corrected chi connectivity index (χ0v) is 13.5. The van der Waals surface area contributed by atoms with E-state index >= 15 is 0 Å². The molecule has 1 aliphatic heterocycles. The van der Waals surface area contributed by atoms with Gasteiger partial charge in [-0.25, -0.2) is 4.98 Å². The molecule has 0 unspecified atom stereocenters. The number of nitrogens with zero attached hydrogens (tertiary/aromatic N) is 5. The predicted octanol–water partition coefficient (Wildman–Crippen LogP) is 1.72. The summed E-state index contributed by atoms with van der Waals surface area (Å²) in [5.41, 5.74) is 0.598. The van der Waals surface area contributed by atoms with E-state index in [0.29, 0.717) is 17.4 Å². The number of pyridine rings is 1. The van der Waals surface area contributed by atoms with Gasteiger partial charge in [0.1, 0.15) is 12.2 Å². The number of piperidine rings is 1. The number of carbonyl (C=O) groups is 1. The van der Waals surface area contributed by atoms with Crippen molar-refractivity contribution in [1.82, 2.24) is 24.6 Å². The van der Waals surface area contributed by atoms with Crippen LogP contribution in [0.4, 0.5) is 0 Å². The summed E-state index contributed by atoms with van der Waals surface area (Å²) in [6.07, 6.45) is 5.17. The van der Waals surface area contributed by atoms with Gasteiger partial charge in [-0.2, -0.15) is 0 Å². The molecule has 2 aromatic rings. The first-order chi connectivity index (χ1) is 11.2. The van der Waals surface area contributed by atoms with Gasteiger partial charge in [-0.15, -0.1) is 10.2 Å². The van der Waals surface area contributed by atoms with Gasteiger partial charge in [-0.1, -0.05) is 0 Å². The van der Waals surface area contributed by atoms with E-state index in [2.05, 4.69) is 26.7 Å². The second-order valence-corrected chi connectivity index (χ2v) is 5.63. The molecule has 7 nitrogen and oxygen atoms in total. The van der Waals surface area contributed by atoms with E-state index in [1.165, 1.54) is 0 Å². The summed E-state index contributed by atoms with van der Waals surface area (Å²) in [4.78, 5) is 18.5. The number of hydrogen-bond acceptors (Lipinski definition) is 5. The van der Waals surface area contributed by atoms with E-state index in [-0.39, 0.29) is 5.91 Å². The summed E-state index contributed by atoms with van der Waals surface area (Å²) >= 11 is 0. The zero-order valence-electron chi connectivity index (χ0n) is 13.5. The van der Waals surface area contributed by atoms with Crippen molar-refractivity contribution in [3.63, 3.8) is 0 Å². The third-order valence-electron chi connectivity index (χ3n) is 4.33. The lowest BCUT2D eigenvalue weighted by atomic mass is 9.95. The highest BCUT2D eigenvalue weighted by Crippen LogP contribution is 2.27. The number of aromatic nitrogens is 4. The average molecular weight is 315 g/mol. The molecule has 0 saturated carbocycles. The van der Waals surface area contributed by atoms with Crippen LogP contribution in [-0.2, 0) is 6.54 Å². The van der Waals surface area contributed by atoms with Crippen molar-refractivity contribution in [2.45, 2.75) is 32.2 Å². The number of rotatable bonds is 4. The molecular weight excluding hydrogens is 294 g/mol. The molecule has 23 heavy (non-hydrogen) atoms. The Labute approximate surface area is 135 Å². The van der Waals surface area contributed by atoms with E-state index in [4.69, 9.17) is 4.74 Å². The maximum Gasteiger partial charge on any atom is 0.255 e. The molecule has 2 aromatic heterocycles. The minimum Gasteiger partial charge on any atom is -0.481 e. The zero-order chi connectivity index (χ0) is 16.2. The summed E-state index contributed by atoms with van der Waals surface area (Å²) in [7, 11) is 1.56. The molecule has 3 heterocycles. The summed E-state index contributed by atoms with van der Waals surface area (Å²) in [5, 5.41) is 8.24. The number of likely N-dealkylation sites (tertiary alicyclic amines) is 1. The van der Waals surface area contributed by atoms with Crippen molar-refractivity contribution in [2.75, 3.05) is 20.2 Å². The van der Waals surface area contributed by atoms with Crippen LogP contribution < -0.4 is 4.74 Å². The molecule has 0 spiro atoms. The Hall–Kier alpha value is -2.44. The van der Waals surface area contributed by atoms with Crippen LogP contribution in [0.15, 0.2) is 24.7 Å². The minimum atomic E-state index is 0.0237. The van der Waals surface area contributed by atoms with Gasteiger partial charge < -0.3 is 14.2 Å². The molecule has 7 heteroatoms. The van der Waals surface area contributed by atoms with Gasteiger partial charge in [0.15, 0.2) is 0 Å². The van der Waals surface area contributed by atoms with Gasteiger partial charge in [-0.3, -0.25) is 4.79 Å². The van der Waals surface area contributed by atoms with Crippen LogP contribution in [-0.4, -0.2) is 50.8 Å². The molecule has 0 aliphatic carbocycles. The van der Waals surface area contributed by atoms with Gasteiger partial charge in [0.25, 0.3) is 5.91 Å². The average Bonchev–Trinajstić information content (AvgIpc) is 3.10. The summed E-state index contributed by atoms with van der Waals surface area (Å²) in [6, 6.07) is 3.47. The van der Waals surface area contributed by atoms with Crippen molar-refractivity contribution in [3.05, 3.63) is 36.0 Å². The van der Waals surface area contributed by atoms with Crippen LogP contribution in [0.5, 0.6) is 5.88 Å². The van der Waals surface area contributed by atoms with Gasteiger partial charge in [0.05, 0.1) is 12.7 Å². The third kappa shape index (κ3) is 3.18. The smallest absolute Gasteiger partial charge is 0.255 e. The van der Waals surface area contributed by atoms with Crippen LogP contribution in [0.25, 0.3) is 0 Å². The normalized spacial score (nSPS) is 15.7. The number of amides is 1. The fourth-order valence-corrected chi connectivity index (χ4v) is 2.97. The summed E-state index contributed by atoms with van der Waals surface area (Å²) in [5.74, 6) is 1.94. The SMILES string of the molecule is CCn1cnnc1C1CCN(C(=O)c2ccc(OC)nc2)CC1. The lowest BCUT2D eigenvalue weighted by Crippen LogP contribution is -2.38. The summed E-state index contributed by atoms with van der Waals surface area (Å²) in [6.45, 7) is 4.42. The fraction of sp³-hybridized carbons (Fsp3) is 0.500. The molecule has 122 valence electrons. The number of hydrogen-bond donors (Lipinski definition) is 0. The number of ether oxygens (including phenoxy) is 1. The third-order valence-corrected chi connectivity index (χ3v) is 4.33. The highest BCUT2D eigenvalue weighted by Gasteiger charge is 2.27. The standard InChI is InChI=1S/C16H21N5O2/c1-3-20-11-18-19-15(20)12-6-8-21(9-7-12)16(22)13-4-5-14(23-2)17-10-13/h4-5,10-12H,3,6-9H2,1-2H3. The van der Waals surface area contributed by atoms with E-state index in [1.54, 1.807) is 31.8 Å². The number of aryl methyl sites for hydroxylation is 1. The first kappa shape index (κ1) is 15.5.